The summed E-state index contributed by atoms with van der Waals surface area (Å²) >= 11 is 15.0. The molecule has 4 rings (SSSR count). The maximum atomic E-state index is 12.1. The number of rotatable bonds is 7. The highest BCUT2D eigenvalue weighted by Gasteiger charge is 2.14. The number of halogens is 2. The lowest BCUT2D eigenvalue weighted by molar-refractivity contribution is 0.288. The fraction of sp³-hybridized carbons (Fsp3) is 0.222. The first-order chi connectivity index (χ1) is 14.0. The van der Waals surface area contributed by atoms with Gasteiger partial charge < -0.3 is 9.30 Å². The Kier molecular flexibility index (Phi) is 6.09. The van der Waals surface area contributed by atoms with Crippen LogP contribution in [0.5, 0.6) is 5.75 Å². The predicted octanol–water partition coefficient (Wildman–Crippen LogP) is 4.55. The molecule has 0 aliphatic rings. The minimum Gasteiger partial charge on any atom is -0.484 e. The van der Waals surface area contributed by atoms with Crippen LogP contribution in [0.25, 0.3) is 4.96 Å². The van der Waals surface area contributed by atoms with Gasteiger partial charge in [-0.3, -0.25) is 9.20 Å². The Morgan fingerprint density at radius 3 is 2.93 bits per heavy atom. The van der Waals surface area contributed by atoms with Gasteiger partial charge in [0, 0.05) is 41.0 Å². The molecule has 0 aliphatic heterocycles. The van der Waals surface area contributed by atoms with Crippen LogP contribution in [0.1, 0.15) is 18.4 Å². The molecule has 11 heteroatoms. The van der Waals surface area contributed by atoms with Gasteiger partial charge in [-0.05, 0) is 19.1 Å². The average molecular weight is 468 g/mol. The average Bonchev–Trinajstić information content (AvgIpc) is 3.33. The number of thiazole rings is 1. The van der Waals surface area contributed by atoms with E-state index in [4.69, 9.17) is 27.9 Å². The summed E-state index contributed by atoms with van der Waals surface area (Å²) in [5.74, 6) is 1.68. The third kappa shape index (κ3) is 4.42. The highest BCUT2D eigenvalue weighted by atomic mass is 35.5. The van der Waals surface area contributed by atoms with E-state index in [2.05, 4.69) is 15.2 Å². The lowest BCUT2D eigenvalue weighted by Gasteiger charge is -2.10. The number of hydrogen-bond acceptors (Lipinski definition) is 7. The SMILES string of the molecule is CCn1c(COc2cc(Cl)ccc2Cl)nnc1SCc1cc(=O)n2ccsc2n1. The van der Waals surface area contributed by atoms with E-state index in [1.807, 2.05) is 16.9 Å². The molecular formula is C18H15Cl2N5O2S2. The normalized spacial score (nSPS) is 11.3. The van der Waals surface area contributed by atoms with E-state index in [9.17, 15) is 4.79 Å². The molecule has 29 heavy (non-hydrogen) atoms. The van der Waals surface area contributed by atoms with Crippen LogP contribution < -0.4 is 10.3 Å². The van der Waals surface area contributed by atoms with Crippen molar-refractivity contribution in [3.8, 4) is 5.75 Å². The number of hydrogen-bond donors (Lipinski definition) is 0. The van der Waals surface area contributed by atoms with Gasteiger partial charge in [0.25, 0.3) is 5.56 Å². The summed E-state index contributed by atoms with van der Waals surface area (Å²) in [5, 5.41) is 12.1. The number of benzene rings is 1. The van der Waals surface area contributed by atoms with Crippen molar-refractivity contribution in [3.63, 3.8) is 0 Å². The second-order valence-corrected chi connectivity index (χ2v) is 8.60. The van der Waals surface area contributed by atoms with E-state index in [1.54, 1.807) is 30.5 Å². The minimum absolute atomic E-state index is 0.0868. The quantitative estimate of drug-likeness (QED) is 0.371. The van der Waals surface area contributed by atoms with Crippen molar-refractivity contribution in [2.24, 2.45) is 0 Å². The number of aromatic nitrogens is 5. The van der Waals surface area contributed by atoms with Crippen LogP contribution in [-0.2, 0) is 18.9 Å². The van der Waals surface area contributed by atoms with Crippen LogP contribution >= 0.6 is 46.3 Å². The van der Waals surface area contributed by atoms with Gasteiger partial charge in [-0.15, -0.1) is 21.5 Å². The van der Waals surface area contributed by atoms with Gasteiger partial charge in [0.2, 0.25) is 0 Å². The first-order valence-corrected chi connectivity index (χ1v) is 11.3. The predicted molar refractivity (Wildman–Crippen MR) is 115 cm³/mol. The Morgan fingerprint density at radius 2 is 2.10 bits per heavy atom. The van der Waals surface area contributed by atoms with Crippen molar-refractivity contribution in [3.05, 3.63) is 67.8 Å². The van der Waals surface area contributed by atoms with Gasteiger partial charge in [0.15, 0.2) is 15.9 Å². The van der Waals surface area contributed by atoms with E-state index >= 15 is 0 Å². The summed E-state index contributed by atoms with van der Waals surface area (Å²) < 4.78 is 9.26. The minimum atomic E-state index is -0.0868. The molecule has 0 radical (unpaired) electrons. The maximum absolute atomic E-state index is 12.1. The van der Waals surface area contributed by atoms with Gasteiger partial charge in [0.05, 0.1) is 10.7 Å². The van der Waals surface area contributed by atoms with Crippen LogP contribution in [0.2, 0.25) is 10.0 Å². The van der Waals surface area contributed by atoms with Crippen molar-refractivity contribution >= 4 is 51.3 Å². The van der Waals surface area contributed by atoms with Gasteiger partial charge in [0.1, 0.15) is 12.4 Å². The summed E-state index contributed by atoms with van der Waals surface area (Å²) in [7, 11) is 0. The van der Waals surface area contributed by atoms with E-state index in [-0.39, 0.29) is 12.2 Å². The second kappa shape index (κ2) is 8.74. The maximum Gasteiger partial charge on any atom is 0.258 e. The standard InChI is InChI=1S/C18H15Cl2N5O2S2/c1-2-24-15(9-27-14-7-11(19)3-4-13(14)20)22-23-18(24)29-10-12-8-16(26)25-5-6-28-17(25)21-12/h3-8H,2,9-10H2,1H3. The second-order valence-electron chi connectivity index (χ2n) is 5.94. The van der Waals surface area contributed by atoms with Crippen LogP contribution in [0.4, 0.5) is 0 Å². The van der Waals surface area contributed by atoms with E-state index < -0.39 is 0 Å². The summed E-state index contributed by atoms with van der Waals surface area (Å²) in [6.07, 6.45) is 1.72. The lowest BCUT2D eigenvalue weighted by Crippen LogP contribution is -2.12. The molecule has 0 spiro atoms. The molecule has 0 aliphatic carbocycles. The first-order valence-electron chi connectivity index (χ1n) is 8.63. The molecule has 3 aromatic heterocycles. The number of nitrogens with zero attached hydrogens (tertiary/aromatic N) is 5. The van der Waals surface area contributed by atoms with Crippen molar-refractivity contribution in [1.82, 2.24) is 24.1 Å². The summed E-state index contributed by atoms with van der Waals surface area (Å²) in [6.45, 7) is 2.89. The van der Waals surface area contributed by atoms with E-state index in [1.165, 1.54) is 27.5 Å². The molecule has 0 bridgehead atoms. The van der Waals surface area contributed by atoms with Crippen molar-refractivity contribution in [1.29, 1.82) is 0 Å². The Balaban J connectivity index is 1.48. The van der Waals surface area contributed by atoms with Crippen molar-refractivity contribution in [2.45, 2.75) is 31.0 Å². The molecule has 1 aromatic carbocycles. The zero-order valence-corrected chi connectivity index (χ0v) is 18.4. The molecule has 0 unspecified atom stereocenters. The van der Waals surface area contributed by atoms with Gasteiger partial charge in [-0.1, -0.05) is 35.0 Å². The molecule has 3 heterocycles. The fourth-order valence-corrected chi connectivity index (χ4v) is 4.67. The third-order valence-electron chi connectivity index (χ3n) is 4.07. The molecular weight excluding hydrogens is 453 g/mol. The number of ether oxygens (including phenoxy) is 1. The molecule has 7 nitrogen and oxygen atoms in total. The molecule has 0 amide bonds. The monoisotopic (exact) mass is 467 g/mol. The van der Waals surface area contributed by atoms with Crippen LogP contribution in [0.15, 0.2) is 45.8 Å². The summed E-state index contributed by atoms with van der Waals surface area (Å²) in [4.78, 5) is 17.3. The topological polar surface area (TPSA) is 74.3 Å². The first kappa shape index (κ1) is 20.2. The summed E-state index contributed by atoms with van der Waals surface area (Å²) in [5.41, 5.74) is 0.618. The van der Waals surface area contributed by atoms with Crippen LogP contribution in [-0.4, -0.2) is 24.1 Å². The number of fused-ring (bicyclic) bond motifs is 1. The van der Waals surface area contributed by atoms with Crippen molar-refractivity contribution in [2.75, 3.05) is 0 Å². The largest absolute Gasteiger partial charge is 0.484 e. The molecule has 4 aromatic rings. The van der Waals surface area contributed by atoms with Gasteiger partial charge in [-0.25, -0.2) is 4.98 Å². The zero-order chi connectivity index (χ0) is 20.4. The van der Waals surface area contributed by atoms with E-state index in [0.717, 1.165) is 5.16 Å². The number of thioether (sulfide) groups is 1. The fourth-order valence-electron chi connectivity index (χ4n) is 2.68. The molecule has 0 saturated carbocycles. The lowest BCUT2D eigenvalue weighted by atomic mass is 10.3. The Hall–Kier alpha value is -2.07. The van der Waals surface area contributed by atoms with Gasteiger partial charge >= 0.3 is 0 Å². The smallest absolute Gasteiger partial charge is 0.258 e. The molecule has 0 N–H and O–H groups in total. The Morgan fingerprint density at radius 1 is 1.24 bits per heavy atom. The third-order valence-corrected chi connectivity index (χ3v) is 6.37. The Labute approximate surface area is 184 Å². The van der Waals surface area contributed by atoms with Crippen molar-refractivity contribution < 1.29 is 4.74 Å². The zero-order valence-electron chi connectivity index (χ0n) is 15.2. The molecule has 150 valence electrons. The molecule has 0 atom stereocenters. The highest BCUT2D eigenvalue weighted by Crippen LogP contribution is 2.29. The molecule has 0 fully saturated rings. The van der Waals surface area contributed by atoms with Crippen LogP contribution in [0.3, 0.4) is 0 Å². The van der Waals surface area contributed by atoms with Gasteiger partial charge in [-0.2, -0.15) is 0 Å². The van der Waals surface area contributed by atoms with E-state index in [0.29, 0.717) is 44.6 Å². The Bertz CT molecular complexity index is 1220. The summed E-state index contributed by atoms with van der Waals surface area (Å²) in [6, 6.07) is 6.60. The van der Waals surface area contributed by atoms with Crippen LogP contribution in [0, 0.1) is 0 Å². The highest BCUT2D eigenvalue weighted by molar-refractivity contribution is 7.98. The molecule has 0 saturated heterocycles.